The van der Waals surface area contributed by atoms with Crippen LogP contribution < -0.4 is 5.32 Å². The third-order valence-electron chi connectivity index (χ3n) is 2.07. The fraction of sp³-hybridized carbons (Fsp3) is 0.200. The van der Waals surface area contributed by atoms with Gasteiger partial charge < -0.3 is 5.32 Å². The molecule has 4 nitrogen and oxygen atoms in total. The van der Waals surface area contributed by atoms with Gasteiger partial charge >= 0.3 is 0 Å². The zero-order chi connectivity index (χ0) is 11.5. The smallest absolute Gasteiger partial charge is 0.139 e. The van der Waals surface area contributed by atoms with Crippen molar-refractivity contribution in [2.75, 3.05) is 7.05 Å². The third-order valence-corrected chi connectivity index (χ3v) is 2.71. The molecule has 2 rings (SSSR count). The van der Waals surface area contributed by atoms with Crippen molar-refractivity contribution in [2.24, 2.45) is 0 Å². The quantitative estimate of drug-likeness (QED) is 0.936. The van der Waals surface area contributed by atoms with Crippen LogP contribution in [0.3, 0.4) is 0 Å². The molecular weight excluding hydrogens is 275 g/mol. The summed E-state index contributed by atoms with van der Waals surface area (Å²) in [7, 11) is 1.83. The topological polar surface area (TPSA) is 42.7 Å². The van der Waals surface area contributed by atoms with Crippen LogP contribution in [-0.2, 0) is 6.54 Å². The van der Waals surface area contributed by atoms with E-state index >= 15 is 0 Å². The van der Waals surface area contributed by atoms with Gasteiger partial charge in [-0.1, -0.05) is 5.21 Å². The minimum atomic E-state index is -0.317. The highest BCUT2D eigenvalue weighted by Gasteiger charge is 2.05. The zero-order valence-corrected chi connectivity index (χ0v) is 10.2. The standard InChI is InChI=1S/C10H10BrFN4/c1-13-5-7-6-16(15-14-7)8-2-3-9(11)10(12)4-8/h2-4,6,13H,5H2,1H3. The predicted octanol–water partition coefficient (Wildman–Crippen LogP) is 1.89. The van der Waals surface area contributed by atoms with E-state index in [-0.39, 0.29) is 5.82 Å². The van der Waals surface area contributed by atoms with E-state index in [0.29, 0.717) is 16.7 Å². The Morgan fingerprint density at radius 3 is 3.00 bits per heavy atom. The first-order chi connectivity index (χ1) is 7.70. The van der Waals surface area contributed by atoms with Crippen molar-refractivity contribution < 1.29 is 4.39 Å². The molecule has 1 heterocycles. The van der Waals surface area contributed by atoms with Crippen molar-refractivity contribution in [3.63, 3.8) is 0 Å². The van der Waals surface area contributed by atoms with Gasteiger partial charge in [-0.3, -0.25) is 0 Å². The Balaban J connectivity index is 2.31. The van der Waals surface area contributed by atoms with Gasteiger partial charge in [-0.05, 0) is 35.1 Å². The molecule has 6 heteroatoms. The Bertz CT molecular complexity index is 497. The maximum atomic E-state index is 13.3. The van der Waals surface area contributed by atoms with Crippen LogP contribution in [0, 0.1) is 5.82 Å². The van der Waals surface area contributed by atoms with Crippen LogP contribution >= 0.6 is 15.9 Å². The second-order valence-corrected chi connectivity index (χ2v) is 4.14. The summed E-state index contributed by atoms with van der Waals surface area (Å²) in [6.45, 7) is 0.638. The van der Waals surface area contributed by atoms with Crippen molar-refractivity contribution >= 4 is 15.9 Å². The lowest BCUT2D eigenvalue weighted by Gasteiger charge is -2.00. The molecule has 1 aromatic heterocycles. The van der Waals surface area contributed by atoms with Gasteiger partial charge in [0.15, 0.2) is 0 Å². The van der Waals surface area contributed by atoms with E-state index in [2.05, 4.69) is 31.6 Å². The summed E-state index contributed by atoms with van der Waals surface area (Å²) in [5.41, 5.74) is 1.46. The summed E-state index contributed by atoms with van der Waals surface area (Å²) in [6.07, 6.45) is 1.76. The van der Waals surface area contributed by atoms with Crippen LogP contribution in [0.15, 0.2) is 28.9 Å². The highest BCUT2D eigenvalue weighted by Crippen LogP contribution is 2.18. The molecule has 0 saturated carbocycles. The summed E-state index contributed by atoms with van der Waals surface area (Å²) in [5, 5.41) is 10.8. The van der Waals surface area contributed by atoms with Crippen LogP contribution in [-0.4, -0.2) is 22.0 Å². The zero-order valence-electron chi connectivity index (χ0n) is 8.61. The Morgan fingerprint density at radius 2 is 2.31 bits per heavy atom. The Kier molecular flexibility index (Phi) is 3.31. The fourth-order valence-corrected chi connectivity index (χ4v) is 1.56. The minimum absolute atomic E-state index is 0.317. The number of benzene rings is 1. The average Bonchev–Trinajstić information content (AvgIpc) is 2.71. The van der Waals surface area contributed by atoms with Gasteiger partial charge in [0.2, 0.25) is 0 Å². The number of hydrogen-bond donors (Lipinski definition) is 1. The lowest BCUT2D eigenvalue weighted by molar-refractivity contribution is 0.618. The Morgan fingerprint density at radius 1 is 1.50 bits per heavy atom. The Hall–Kier alpha value is -1.27. The molecule has 0 atom stereocenters. The predicted molar refractivity (Wildman–Crippen MR) is 61.8 cm³/mol. The molecule has 0 aliphatic carbocycles. The lowest BCUT2D eigenvalue weighted by Crippen LogP contribution is -2.04. The monoisotopic (exact) mass is 284 g/mol. The van der Waals surface area contributed by atoms with Crippen molar-refractivity contribution in [1.29, 1.82) is 0 Å². The molecule has 0 fully saturated rings. The molecule has 0 bridgehead atoms. The first-order valence-electron chi connectivity index (χ1n) is 4.72. The van der Waals surface area contributed by atoms with Gasteiger partial charge in [0, 0.05) is 12.6 Å². The molecule has 0 saturated heterocycles. The molecule has 84 valence electrons. The van der Waals surface area contributed by atoms with Crippen molar-refractivity contribution in [3.05, 3.63) is 40.4 Å². The third kappa shape index (κ3) is 2.28. The summed E-state index contributed by atoms with van der Waals surface area (Å²) >= 11 is 3.10. The molecule has 0 radical (unpaired) electrons. The van der Waals surface area contributed by atoms with Gasteiger partial charge in [0.1, 0.15) is 5.82 Å². The minimum Gasteiger partial charge on any atom is -0.314 e. The summed E-state index contributed by atoms with van der Waals surface area (Å²) in [5.74, 6) is -0.317. The van der Waals surface area contributed by atoms with Gasteiger partial charge in [-0.2, -0.15) is 0 Å². The molecule has 0 amide bonds. The van der Waals surface area contributed by atoms with Gasteiger partial charge in [-0.25, -0.2) is 9.07 Å². The molecule has 1 N–H and O–H groups in total. The highest BCUT2D eigenvalue weighted by molar-refractivity contribution is 9.10. The normalized spacial score (nSPS) is 10.7. The summed E-state index contributed by atoms with van der Waals surface area (Å²) in [4.78, 5) is 0. The second kappa shape index (κ2) is 4.71. The molecule has 0 aliphatic rings. The number of halogens is 2. The van der Waals surface area contributed by atoms with Crippen molar-refractivity contribution in [3.8, 4) is 5.69 Å². The van der Waals surface area contributed by atoms with Crippen LogP contribution in [0.25, 0.3) is 5.69 Å². The van der Waals surface area contributed by atoms with E-state index in [9.17, 15) is 4.39 Å². The number of rotatable bonds is 3. The average molecular weight is 285 g/mol. The van der Waals surface area contributed by atoms with Crippen molar-refractivity contribution in [2.45, 2.75) is 6.54 Å². The lowest BCUT2D eigenvalue weighted by atomic mass is 10.3. The van der Waals surface area contributed by atoms with Gasteiger partial charge in [-0.15, -0.1) is 5.10 Å². The first-order valence-corrected chi connectivity index (χ1v) is 5.51. The van der Waals surface area contributed by atoms with E-state index in [1.165, 1.54) is 6.07 Å². The van der Waals surface area contributed by atoms with Gasteiger partial charge in [0.05, 0.1) is 22.1 Å². The highest BCUT2D eigenvalue weighted by atomic mass is 79.9. The van der Waals surface area contributed by atoms with Crippen molar-refractivity contribution in [1.82, 2.24) is 20.3 Å². The fourth-order valence-electron chi connectivity index (χ4n) is 1.31. The molecule has 1 aromatic carbocycles. The Labute approximate surface area is 101 Å². The van der Waals surface area contributed by atoms with E-state index in [1.807, 2.05) is 7.05 Å². The van der Waals surface area contributed by atoms with Crippen LogP contribution in [0.1, 0.15) is 5.69 Å². The van der Waals surface area contributed by atoms with E-state index in [1.54, 1.807) is 23.0 Å². The van der Waals surface area contributed by atoms with Crippen LogP contribution in [0.2, 0.25) is 0 Å². The summed E-state index contributed by atoms with van der Waals surface area (Å²) < 4.78 is 15.3. The van der Waals surface area contributed by atoms with E-state index in [0.717, 1.165) is 5.69 Å². The van der Waals surface area contributed by atoms with E-state index in [4.69, 9.17) is 0 Å². The van der Waals surface area contributed by atoms with E-state index < -0.39 is 0 Å². The molecule has 0 aliphatic heterocycles. The molecule has 2 aromatic rings. The molecule has 0 spiro atoms. The number of nitrogens with one attached hydrogen (secondary N) is 1. The second-order valence-electron chi connectivity index (χ2n) is 3.28. The molecule has 16 heavy (non-hydrogen) atoms. The first kappa shape index (κ1) is 11.2. The maximum Gasteiger partial charge on any atom is 0.139 e. The van der Waals surface area contributed by atoms with Gasteiger partial charge in [0.25, 0.3) is 0 Å². The maximum absolute atomic E-state index is 13.3. The number of hydrogen-bond acceptors (Lipinski definition) is 3. The molecule has 0 unspecified atom stereocenters. The molecular formula is C10H10BrFN4. The van der Waals surface area contributed by atoms with Crippen LogP contribution in [0.4, 0.5) is 4.39 Å². The summed E-state index contributed by atoms with van der Waals surface area (Å²) in [6, 6.07) is 4.82. The number of aromatic nitrogens is 3. The largest absolute Gasteiger partial charge is 0.314 e. The SMILES string of the molecule is CNCc1cn(-c2ccc(Br)c(F)c2)nn1. The number of nitrogens with zero attached hydrogens (tertiary/aromatic N) is 3. The van der Waals surface area contributed by atoms with Crippen LogP contribution in [0.5, 0.6) is 0 Å².